The summed E-state index contributed by atoms with van der Waals surface area (Å²) in [6, 6.07) is 9.90. The molecule has 2 aromatic rings. The molecule has 2 aromatic carbocycles. The number of nitrogens with one attached hydrogen (secondary N) is 2. The Balaban J connectivity index is 1.51. The van der Waals surface area contributed by atoms with Crippen molar-refractivity contribution in [1.29, 1.82) is 0 Å². The van der Waals surface area contributed by atoms with Gasteiger partial charge in [-0.2, -0.15) is 0 Å². The molecule has 1 aliphatic rings. The molecule has 2 N–H and O–H groups in total. The maximum absolute atomic E-state index is 12.4. The van der Waals surface area contributed by atoms with E-state index < -0.39 is 36.2 Å². The van der Waals surface area contributed by atoms with E-state index in [1.54, 1.807) is 0 Å². The number of hydrogen-bond donors (Lipinski definition) is 2. The first-order valence-corrected chi connectivity index (χ1v) is 10.5. The Hall–Kier alpha value is -3.10. The lowest BCUT2D eigenvalue weighted by Gasteiger charge is -2.18. The summed E-state index contributed by atoms with van der Waals surface area (Å²) >= 11 is 11.7. The highest BCUT2D eigenvalue weighted by atomic mass is 35.5. The number of benzene rings is 2. The van der Waals surface area contributed by atoms with Gasteiger partial charge in [0.25, 0.3) is 11.8 Å². The van der Waals surface area contributed by atoms with Crippen molar-refractivity contribution in [3.05, 3.63) is 63.1 Å². The van der Waals surface area contributed by atoms with Crippen molar-refractivity contribution >= 4 is 52.6 Å². The topological polar surface area (TPSA) is 105 Å². The molecule has 8 nitrogen and oxygen atoms in total. The van der Waals surface area contributed by atoms with Crippen LogP contribution < -0.4 is 10.7 Å². The smallest absolute Gasteiger partial charge is 0.311 e. The summed E-state index contributed by atoms with van der Waals surface area (Å²) in [6.45, 7) is 3.18. The zero-order chi connectivity index (χ0) is 23.4. The van der Waals surface area contributed by atoms with Crippen LogP contribution in [-0.2, 0) is 19.1 Å². The number of ether oxygens (including phenoxy) is 1. The molecular weight excluding hydrogens is 457 g/mol. The molecule has 1 fully saturated rings. The molecule has 0 unspecified atom stereocenters. The second-order valence-electron chi connectivity index (χ2n) is 7.40. The second-order valence-corrected chi connectivity index (χ2v) is 8.21. The molecule has 3 rings (SSSR count). The molecule has 3 amide bonds. The number of halogens is 2. The molecule has 168 valence electrons. The van der Waals surface area contributed by atoms with Crippen LogP contribution in [0.25, 0.3) is 0 Å². The Morgan fingerprint density at radius 2 is 1.78 bits per heavy atom. The molecular formula is C22H21Cl2N3O5. The van der Waals surface area contributed by atoms with Gasteiger partial charge < -0.3 is 10.1 Å². The van der Waals surface area contributed by atoms with E-state index in [2.05, 4.69) is 10.7 Å². The summed E-state index contributed by atoms with van der Waals surface area (Å²) in [6.07, 6.45) is -0.140. The molecule has 0 saturated carbocycles. The quantitative estimate of drug-likeness (QED) is 0.621. The molecule has 0 radical (unpaired) electrons. The predicted octanol–water partition coefficient (Wildman–Crippen LogP) is 3.29. The number of para-hydroxylation sites is 1. The summed E-state index contributed by atoms with van der Waals surface area (Å²) in [5.74, 6) is -2.99. The lowest BCUT2D eigenvalue weighted by molar-refractivity contribution is -0.151. The van der Waals surface area contributed by atoms with Crippen molar-refractivity contribution in [2.45, 2.75) is 20.3 Å². The van der Waals surface area contributed by atoms with E-state index in [4.69, 9.17) is 27.9 Å². The fourth-order valence-corrected chi connectivity index (χ4v) is 3.54. The largest absolute Gasteiger partial charge is 0.455 e. The number of amides is 3. The average Bonchev–Trinajstić information content (AvgIpc) is 3.11. The van der Waals surface area contributed by atoms with Crippen molar-refractivity contribution < 1.29 is 23.9 Å². The van der Waals surface area contributed by atoms with E-state index >= 15 is 0 Å². The maximum atomic E-state index is 12.4. The maximum Gasteiger partial charge on any atom is 0.311 e. The van der Waals surface area contributed by atoms with Crippen molar-refractivity contribution in [1.82, 2.24) is 10.4 Å². The van der Waals surface area contributed by atoms with Crippen LogP contribution in [0.5, 0.6) is 0 Å². The number of aryl methyl sites for hydroxylation is 2. The SMILES string of the molecule is Cc1cccc(C)c1NC(=O)COC(=O)[C@@H]1CC(=O)N(NC(=O)c2ccc(Cl)c(Cl)c2)C1. The minimum Gasteiger partial charge on any atom is -0.455 e. The number of anilines is 1. The number of rotatable bonds is 6. The first-order valence-electron chi connectivity index (χ1n) is 9.75. The highest BCUT2D eigenvalue weighted by Gasteiger charge is 2.36. The van der Waals surface area contributed by atoms with Gasteiger partial charge in [-0.15, -0.1) is 0 Å². The summed E-state index contributed by atoms with van der Waals surface area (Å²) < 4.78 is 5.08. The van der Waals surface area contributed by atoms with E-state index in [9.17, 15) is 19.2 Å². The summed E-state index contributed by atoms with van der Waals surface area (Å²) in [5, 5.41) is 4.27. The van der Waals surface area contributed by atoms with Crippen LogP contribution in [0.1, 0.15) is 27.9 Å². The van der Waals surface area contributed by atoms with Gasteiger partial charge in [0.05, 0.1) is 22.5 Å². The highest BCUT2D eigenvalue weighted by molar-refractivity contribution is 6.42. The first-order chi connectivity index (χ1) is 15.2. The minimum atomic E-state index is -0.801. The van der Waals surface area contributed by atoms with Gasteiger partial charge >= 0.3 is 5.97 Å². The normalized spacial score (nSPS) is 15.4. The first kappa shape index (κ1) is 23.6. The Labute approximate surface area is 194 Å². The number of esters is 1. The molecule has 0 aliphatic carbocycles. The Morgan fingerprint density at radius 1 is 1.09 bits per heavy atom. The third-order valence-electron chi connectivity index (χ3n) is 4.97. The molecule has 0 aromatic heterocycles. The molecule has 1 aliphatic heterocycles. The lowest BCUT2D eigenvalue weighted by Crippen LogP contribution is -2.43. The van der Waals surface area contributed by atoms with Gasteiger partial charge in [-0.1, -0.05) is 41.4 Å². The van der Waals surface area contributed by atoms with E-state index in [1.165, 1.54) is 18.2 Å². The van der Waals surface area contributed by atoms with Crippen LogP contribution in [0.15, 0.2) is 36.4 Å². The zero-order valence-electron chi connectivity index (χ0n) is 17.4. The number of nitrogens with zero attached hydrogens (tertiary/aromatic N) is 1. The van der Waals surface area contributed by atoms with Crippen molar-refractivity contribution in [3.8, 4) is 0 Å². The number of hydrogen-bond acceptors (Lipinski definition) is 5. The Morgan fingerprint density at radius 3 is 2.44 bits per heavy atom. The molecule has 1 saturated heterocycles. The van der Waals surface area contributed by atoms with Gasteiger partial charge in [-0.3, -0.25) is 29.6 Å². The zero-order valence-corrected chi connectivity index (χ0v) is 18.9. The molecule has 0 spiro atoms. The van der Waals surface area contributed by atoms with Crippen molar-refractivity contribution in [3.63, 3.8) is 0 Å². The molecule has 1 heterocycles. The lowest BCUT2D eigenvalue weighted by atomic mass is 10.1. The Kier molecular flexibility index (Phi) is 7.37. The van der Waals surface area contributed by atoms with Gasteiger partial charge in [0.15, 0.2) is 6.61 Å². The third kappa shape index (κ3) is 5.57. The summed E-state index contributed by atoms with van der Waals surface area (Å²) in [7, 11) is 0. The minimum absolute atomic E-state index is 0.0662. The standard InChI is InChI=1S/C22H21Cl2N3O5/c1-12-4-3-5-13(2)20(12)25-18(28)11-32-22(31)15-9-19(29)27(10-15)26-21(30)14-6-7-16(23)17(24)8-14/h3-8,15H,9-11H2,1-2H3,(H,25,28)(H,26,30)/t15-/m1/s1. The average molecular weight is 478 g/mol. The van der Waals surface area contributed by atoms with Crippen molar-refractivity contribution in [2.75, 3.05) is 18.5 Å². The van der Waals surface area contributed by atoms with Crippen LogP contribution in [0, 0.1) is 19.8 Å². The van der Waals surface area contributed by atoms with E-state index in [-0.39, 0.29) is 23.6 Å². The Bertz CT molecular complexity index is 1070. The second kappa shape index (κ2) is 10.0. The van der Waals surface area contributed by atoms with Crippen LogP contribution in [0.3, 0.4) is 0 Å². The summed E-state index contributed by atoms with van der Waals surface area (Å²) in [4.78, 5) is 49.1. The fourth-order valence-electron chi connectivity index (χ4n) is 3.24. The van der Waals surface area contributed by atoms with Gasteiger partial charge in [-0.25, -0.2) is 0 Å². The van der Waals surface area contributed by atoms with Gasteiger partial charge in [0, 0.05) is 17.7 Å². The van der Waals surface area contributed by atoms with Crippen LogP contribution in [0.2, 0.25) is 10.0 Å². The van der Waals surface area contributed by atoms with Crippen LogP contribution in [-0.4, -0.2) is 41.9 Å². The molecule has 0 bridgehead atoms. The summed E-state index contributed by atoms with van der Waals surface area (Å²) in [5.41, 5.74) is 5.10. The van der Waals surface area contributed by atoms with Crippen LogP contribution >= 0.6 is 23.2 Å². The van der Waals surface area contributed by atoms with Crippen LogP contribution in [0.4, 0.5) is 5.69 Å². The van der Waals surface area contributed by atoms with E-state index in [0.717, 1.165) is 16.1 Å². The van der Waals surface area contributed by atoms with Gasteiger partial charge in [0.1, 0.15) is 0 Å². The van der Waals surface area contributed by atoms with E-state index in [0.29, 0.717) is 10.7 Å². The molecule has 1 atom stereocenters. The van der Waals surface area contributed by atoms with Gasteiger partial charge in [0.2, 0.25) is 5.91 Å². The molecule has 32 heavy (non-hydrogen) atoms. The highest BCUT2D eigenvalue weighted by Crippen LogP contribution is 2.23. The monoisotopic (exact) mass is 477 g/mol. The van der Waals surface area contributed by atoms with Gasteiger partial charge in [-0.05, 0) is 43.2 Å². The number of hydrazine groups is 1. The van der Waals surface area contributed by atoms with Crippen molar-refractivity contribution in [2.24, 2.45) is 5.92 Å². The fraction of sp³-hybridized carbons (Fsp3) is 0.273. The van der Waals surface area contributed by atoms with E-state index in [1.807, 2.05) is 32.0 Å². The predicted molar refractivity (Wildman–Crippen MR) is 119 cm³/mol. The number of carbonyl (C=O) groups excluding carboxylic acids is 4. The number of carbonyl (C=O) groups is 4. The third-order valence-corrected chi connectivity index (χ3v) is 5.71. The molecule has 10 heteroatoms.